The molecule has 0 aliphatic heterocycles. The van der Waals surface area contributed by atoms with Crippen LogP contribution in [0.25, 0.3) is 6.08 Å². The molecule has 1 N–H and O–H groups in total. The molecule has 7 nitrogen and oxygen atoms in total. The fourth-order valence-electron chi connectivity index (χ4n) is 3.24. The third-order valence-corrected chi connectivity index (χ3v) is 7.23. The summed E-state index contributed by atoms with van der Waals surface area (Å²) in [6, 6.07) is 17.8. The summed E-state index contributed by atoms with van der Waals surface area (Å²) in [4.78, 5) is 16.5. The molecule has 0 aliphatic rings. The maximum Gasteiger partial charge on any atom is 0.244 e. The Kier molecular flexibility index (Phi) is 8.95. The van der Waals surface area contributed by atoms with Crippen molar-refractivity contribution in [2.24, 2.45) is 0 Å². The van der Waals surface area contributed by atoms with E-state index in [0.717, 1.165) is 22.4 Å². The number of benzene rings is 2. The van der Waals surface area contributed by atoms with Crippen molar-refractivity contribution in [3.63, 3.8) is 0 Å². The van der Waals surface area contributed by atoms with Crippen LogP contribution >= 0.6 is 0 Å². The highest BCUT2D eigenvalue weighted by Gasteiger charge is 2.20. The number of nitrogens with one attached hydrogen (secondary N) is 1. The summed E-state index contributed by atoms with van der Waals surface area (Å²) in [6.07, 6.45) is 6.57. The summed E-state index contributed by atoms with van der Waals surface area (Å²) in [5.74, 6) is 0.502. The first-order valence-electron chi connectivity index (χ1n) is 11.1. The number of carbonyl (C=O) groups excluding carboxylic acids is 1. The second-order valence-electron chi connectivity index (χ2n) is 7.50. The van der Waals surface area contributed by atoms with Crippen molar-refractivity contribution in [1.29, 1.82) is 0 Å². The fraction of sp³-hybridized carbons (Fsp3) is 0.231. The lowest BCUT2D eigenvalue weighted by Crippen LogP contribution is -2.30. The first-order chi connectivity index (χ1) is 16.4. The van der Waals surface area contributed by atoms with Crippen LogP contribution in [0.2, 0.25) is 0 Å². The third kappa shape index (κ3) is 7.00. The van der Waals surface area contributed by atoms with Crippen LogP contribution in [0.3, 0.4) is 0 Å². The zero-order chi connectivity index (χ0) is 24.4. The van der Waals surface area contributed by atoms with Gasteiger partial charge < -0.3 is 10.1 Å². The third-order valence-electron chi connectivity index (χ3n) is 5.17. The Hall–Kier alpha value is -3.49. The van der Waals surface area contributed by atoms with Crippen molar-refractivity contribution in [1.82, 2.24) is 14.6 Å². The fourth-order valence-corrected chi connectivity index (χ4v) is 4.70. The number of carbonyl (C=O) groups is 1. The molecule has 3 rings (SSSR count). The van der Waals surface area contributed by atoms with Crippen LogP contribution in [0.4, 0.5) is 0 Å². The molecule has 0 spiro atoms. The molecule has 34 heavy (non-hydrogen) atoms. The highest BCUT2D eigenvalue weighted by atomic mass is 32.2. The van der Waals surface area contributed by atoms with Crippen LogP contribution in [0.15, 0.2) is 84.0 Å². The maximum absolute atomic E-state index is 12.5. The molecule has 0 saturated carbocycles. The molecule has 0 radical (unpaired) electrons. The SMILES string of the molecule is CCN(CC)S(=O)(=O)c1ccc(C=CC(=O)NCc2ccc(OCc3cccnc3)cc2)cc1. The lowest BCUT2D eigenvalue weighted by molar-refractivity contribution is -0.116. The number of pyridine rings is 1. The van der Waals surface area contributed by atoms with Gasteiger partial charge in [0.2, 0.25) is 15.9 Å². The lowest BCUT2D eigenvalue weighted by Gasteiger charge is -2.18. The van der Waals surface area contributed by atoms with Gasteiger partial charge >= 0.3 is 0 Å². The van der Waals surface area contributed by atoms with E-state index in [1.54, 1.807) is 42.7 Å². The standard InChI is InChI=1S/C26H29N3O4S/c1-3-29(4-2)34(31,32)25-14-9-21(10-15-25)11-16-26(30)28-19-22-7-12-24(13-8-22)33-20-23-6-5-17-27-18-23/h5-18H,3-4,19-20H2,1-2H3,(H,28,30). The topological polar surface area (TPSA) is 88.6 Å². The van der Waals surface area contributed by atoms with Gasteiger partial charge in [-0.05, 0) is 47.5 Å². The van der Waals surface area contributed by atoms with Crippen molar-refractivity contribution < 1.29 is 17.9 Å². The van der Waals surface area contributed by atoms with Gasteiger partial charge in [0.1, 0.15) is 12.4 Å². The number of amides is 1. The summed E-state index contributed by atoms with van der Waals surface area (Å²) in [5.41, 5.74) is 2.68. The zero-order valence-electron chi connectivity index (χ0n) is 19.3. The molecule has 0 unspecified atom stereocenters. The Balaban J connectivity index is 1.48. The molecule has 0 atom stereocenters. The summed E-state index contributed by atoms with van der Waals surface area (Å²) >= 11 is 0. The minimum atomic E-state index is -3.49. The predicted octanol–water partition coefficient (Wildman–Crippen LogP) is 4.02. The molecule has 2 aromatic carbocycles. The second kappa shape index (κ2) is 12.1. The molecule has 1 heterocycles. The van der Waals surface area contributed by atoms with Gasteiger partial charge in [-0.15, -0.1) is 0 Å². The van der Waals surface area contributed by atoms with Crippen LogP contribution < -0.4 is 10.1 Å². The Morgan fingerprint density at radius 2 is 1.71 bits per heavy atom. The van der Waals surface area contributed by atoms with Gasteiger partial charge in [0, 0.05) is 43.7 Å². The van der Waals surface area contributed by atoms with E-state index in [4.69, 9.17) is 4.74 Å². The van der Waals surface area contributed by atoms with Crippen LogP contribution in [-0.4, -0.2) is 36.7 Å². The average molecular weight is 480 g/mol. The number of sulfonamides is 1. The second-order valence-corrected chi connectivity index (χ2v) is 9.44. The van der Waals surface area contributed by atoms with Crippen LogP contribution in [-0.2, 0) is 28.0 Å². The van der Waals surface area contributed by atoms with Gasteiger partial charge in [0.25, 0.3) is 0 Å². The number of rotatable bonds is 11. The van der Waals surface area contributed by atoms with Gasteiger partial charge in [-0.3, -0.25) is 9.78 Å². The molecule has 8 heteroatoms. The van der Waals surface area contributed by atoms with E-state index in [1.807, 2.05) is 50.2 Å². The molecule has 1 amide bonds. The van der Waals surface area contributed by atoms with E-state index in [1.165, 1.54) is 10.4 Å². The predicted molar refractivity (Wildman–Crippen MR) is 132 cm³/mol. The molecule has 1 aromatic heterocycles. The van der Waals surface area contributed by atoms with Crippen molar-refractivity contribution in [3.8, 4) is 5.75 Å². The lowest BCUT2D eigenvalue weighted by atomic mass is 10.2. The van der Waals surface area contributed by atoms with E-state index < -0.39 is 10.0 Å². The van der Waals surface area contributed by atoms with Crippen molar-refractivity contribution >= 4 is 22.0 Å². The molecule has 0 fully saturated rings. The van der Waals surface area contributed by atoms with Crippen molar-refractivity contribution in [2.75, 3.05) is 13.1 Å². The first kappa shape index (κ1) is 25.1. The average Bonchev–Trinajstić information content (AvgIpc) is 2.87. The van der Waals surface area contributed by atoms with E-state index in [9.17, 15) is 13.2 Å². The Bertz CT molecular complexity index is 1190. The molecular formula is C26H29N3O4S. The normalized spacial score (nSPS) is 11.6. The minimum absolute atomic E-state index is 0.239. The summed E-state index contributed by atoms with van der Waals surface area (Å²) in [7, 11) is -3.49. The van der Waals surface area contributed by atoms with Gasteiger partial charge in [0.05, 0.1) is 4.90 Å². The number of ether oxygens (including phenoxy) is 1. The van der Waals surface area contributed by atoms with Gasteiger partial charge in [-0.2, -0.15) is 4.31 Å². The van der Waals surface area contributed by atoms with E-state index in [-0.39, 0.29) is 10.8 Å². The minimum Gasteiger partial charge on any atom is -0.489 e. The molecule has 0 saturated heterocycles. The highest BCUT2D eigenvalue weighted by molar-refractivity contribution is 7.89. The van der Waals surface area contributed by atoms with E-state index in [0.29, 0.717) is 26.2 Å². The number of nitrogens with zero attached hydrogens (tertiary/aromatic N) is 2. The molecule has 3 aromatic rings. The smallest absolute Gasteiger partial charge is 0.244 e. The van der Waals surface area contributed by atoms with Crippen LogP contribution in [0.1, 0.15) is 30.5 Å². The number of hydrogen-bond acceptors (Lipinski definition) is 5. The maximum atomic E-state index is 12.5. The summed E-state index contributed by atoms with van der Waals surface area (Å²) in [6.45, 7) is 5.28. The Morgan fingerprint density at radius 1 is 1.00 bits per heavy atom. The molecule has 178 valence electrons. The largest absolute Gasteiger partial charge is 0.489 e. The summed E-state index contributed by atoms with van der Waals surface area (Å²) in [5, 5.41) is 2.83. The van der Waals surface area contributed by atoms with Crippen LogP contribution in [0.5, 0.6) is 5.75 Å². The quantitative estimate of drug-likeness (QED) is 0.420. The highest BCUT2D eigenvalue weighted by Crippen LogP contribution is 2.17. The first-order valence-corrected chi connectivity index (χ1v) is 12.5. The van der Waals surface area contributed by atoms with E-state index >= 15 is 0 Å². The van der Waals surface area contributed by atoms with Crippen molar-refractivity contribution in [2.45, 2.75) is 31.9 Å². The molecular weight excluding hydrogens is 450 g/mol. The van der Waals surface area contributed by atoms with Crippen molar-refractivity contribution in [3.05, 3.63) is 95.8 Å². The van der Waals surface area contributed by atoms with E-state index in [2.05, 4.69) is 10.3 Å². The Morgan fingerprint density at radius 3 is 2.32 bits per heavy atom. The van der Waals surface area contributed by atoms with Gasteiger partial charge in [-0.25, -0.2) is 8.42 Å². The number of aromatic nitrogens is 1. The van der Waals surface area contributed by atoms with Gasteiger partial charge in [-0.1, -0.05) is 44.2 Å². The van der Waals surface area contributed by atoms with Crippen LogP contribution in [0, 0.1) is 0 Å². The monoisotopic (exact) mass is 479 g/mol. The molecule has 0 aliphatic carbocycles. The molecule has 0 bridgehead atoms. The zero-order valence-corrected chi connectivity index (χ0v) is 20.2. The number of hydrogen-bond donors (Lipinski definition) is 1. The Labute approximate surface area is 201 Å². The summed E-state index contributed by atoms with van der Waals surface area (Å²) < 4.78 is 32.2. The van der Waals surface area contributed by atoms with Gasteiger partial charge in [0.15, 0.2) is 0 Å².